The summed E-state index contributed by atoms with van der Waals surface area (Å²) >= 11 is 0. The van der Waals surface area contributed by atoms with Crippen molar-refractivity contribution in [3.63, 3.8) is 0 Å². The van der Waals surface area contributed by atoms with Crippen LogP contribution in [0.2, 0.25) is 0 Å². The van der Waals surface area contributed by atoms with E-state index < -0.39 is 0 Å². The molecule has 1 N–H and O–H groups in total. The van der Waals surface area contributed by atoms with Crippen molar-refractivity contribution in [3.05, 3.63) is 42.5 Å². The molecule has 2 heterocycles. The first kappa shape index (κ1) is 9.64. The second kappa shape index (κ2) is 3.78. The van der Waals surface area contributed by atoms with Crippen molar-refractivity contribution in [1.29, 1.82) is 0 Å². The van der Waals surface area contributed by atoms with Crippen LogP contribution in [-0.2, 0) is 0 Å². The summed E-state index contributed by atoms with van der Waals surface area (Å²) in [6, 6.07) is 5.82. The van der Waals surface area contributed by atoms with Gasteiger partial charge in [-0.3, -0.25) is 0 Å². The van der Waals surface area contributed by atoms with Gasteiger partial charge in [0.05, 0.1) is 5.69 Å². The molecule has 6 nitrogen and oxygen atoms in total. The summed E-state index contributed by atoms with van der Waals surface area (Å²) in [4.78, 5) is 8.21. The lowest BCUT2D eigenvalue weighted by molar-refractivity contribution is 0.625. The maximum Gasteiger partial charge on any atom is 0.240 e. The summed E-state index contributed by atoms with van der Waals surface area (Å²) in [7, 11) is 0. The largest absolute Gasteiger partial charge is 0.342 e. The smallest absolute Gasteiger partial charge is 0.240 e. The normalized spacial score (nSPS) is 10.6. The van der Waals surface area contributed by atoms with E-state index in [9.17, 15) is 4.39 Å². The molecule has 1 aromatic carbocycles. The summed E-state index contributed by atoms with van der Waals surface area (Å²) in [6.07, 6.45) is 3.28. The van der Waals surface area contributed by atoms with Gasteiger partial charge in [-0.2, -0.15) is 0 Å². The molecule has 17 heavy (non-hydrogen) atoms. The number of rotatable bonds is 2. The Morgan fingerprint density at radius 3 is 2.71 bits per heavy atom. The molecule has 0 atom stereocenters. The monoisotopic (exact) mass is 230 g/mol. The number of nitrogens with zero attached hydrogens (tertiary/aromatic N) is 5. The summed E-state index contributed by atoms with van der Waals surface area (Å²) in [5, 5.41) is 11.8. The van der Waals surface area contributed by atoms with E-state index in [0.717, 1.165) is 0 Å². The number of imidazole rings is 1. The number of hydrogen-bond acceptors (Lipinski definition) is 4. The highest BCUT2D eigenvalue weighted by Gasteiger charge is 2.08. The Balaban J connectivity index is 1.98. The van der Waals surface area contributed by atoms with Gasteiger partial charge in [-0.25, -0.2) is 9.37 Å². The predicted octanol–water partition coefficient (Wildman–Crippen LogP) is 1.19. The van der Waals surface area contributed by atoms with Gasteiger partial charge in [0.1, 0.15) is 5.82 Å². The molecule has 0 aliphatic heterocycles. The third kappa shape index (κ3) is 1.78. The summed E-state index contributed by atoms with van der Waals surface area (Å²) in [5.41, 5.74) is 0.636. The summed E-state index contributed by atoms with van der Waals surface area (Å²) in [6.45, 7) is 0. The van der Waals surface area contributed by atoms with E-state index in [2.05, 4.69) is 25.4 Å². The SMILES string of the molecule is Fc1ccc(-n2nnc(-c3ncc[nH]3)n2)cc1. The van der Waals surface area contributed by atoms with Crippen LogP contribution in [0.1, 0.15) is 0 Å². The van der Waals surface area contributed by atoms with Crippen molar-refractivity contribution in [1.82, 2.24) is 30.2 Å². The fourth-order valence-electron chi connectivity index (χ4n) is 1.38. The minimum absolute atomic E-state index is 0.305. The zero-order valence-corrected chi connectivity index (χ0v) is 8.58. The maximum absolute atomic E-state index is 12.8. The van der Waals surface area contributed by atoms with Crippen molar-refractivity contribution in [2.24, 2.45) is 0 Å². The molecular weight excluding hydrogens is 223 g/mol. The van der Waals surface area contributed by atoms with Crippen LogP contribution in [0.3, 0.4) is 0 Å². The van der Waals surface area contributed by atoms with Crippen LogP contribution in [0.4, 0.5) is 4.39 Å². The average molecular weight is 230 g/mol. The Morgan fingerprint density at radius 1 is 1.18 bits per heavy atom. The van der Waals surface area contributed by atoms with Crippen molar-refractivity contribution >= 4 is 0 Å². The van der Waals surface area contributed by atoms with Gasteiger partial charge in [-0.15, -0.1) is 15.0 Å². The highest BCUT2D eigenvalue weighted by atomic mass is 19.1. The summed E-state index contributed by atoms with van der Waals surface area (Å²) < 4.78 is 12.8. The second-order valence-corrected chi connectivity index (χ2v) is 3.32. The zero-order valence-electron chi connectivity index (χ0n) is 8.58. The van der Waals surface area contributed by atoms with E-state index in [1.54, 1.807) is 24.5 Å². The molecule has 0 amide bonds. The molecular formula is C10H7FN6. The highest BCUT2D eigenvalue weighted by molar-refractivity contribution is 5.41. The molecule has 0 bridgehead atoms. The Bertz CT molecular complexity index is 613. The van der Waals surface area contributed by atoms with E-state index in [4.69, 9.17) is 0 Å². The van der Waals surface area contributed by atoms with Gasteiger partial charge in [0.2, 0.25) is 5.82 Å². The summed E-state index contributed by atoms with van der Waals surface area (Å²) in [5.74, 6) is 0.623. The van der Waals surface area contributed by atoms with Crippen molar-refractivity contribution < 1.29 is 4.39 Å². The van der Waals surface area contributed by atoms with E-state index in [0.29, 0.717) is 17.3 Å². The topological polar surface area (TPSA) is 72.3 Å². The molecule has 7 heteroatoms. The fourth-order valence-corrected chi connectivity index (χ4v) is 1.38. The van der Waals surface area contributed by atoms with Gasteiger partial charge in [-0.05, 0) is 29.5 Å². The first-order valence-corrected chi connectivity index (χ1v) is 4.88. The average Bonchev–Trinajstić information content (AvgIpc) is 3.00. The van der Waals surface area contributed by atoms with Gasteiger partial charge in [0.25, 0.3) is 0 Å². The molecule has 0 saturated heterocycles. The Morgan fingerprint density at radius 2 is 2.00 bits per heavy atom. The van der Waals surface area contributed by atoms with Gasteiger partial charge < -0.3 is 4.98 Å². The van der Waals surface area contributed by atoms with Crippen molar-refractivity contribution in [2.75, 3.05) is 0 Å². The molecule has 0 radical (unpaired) electrons. The molecule has 2 aromatic heterocycles. The number of aromatic nitrogens is 6. The third-order valence-electron chi connectivity index (χ3n) is 2.18. The van der Waals surface area contributed by atoms with Crippen LogP contribution in [-0.4, -0.2) is 30.2 Å². The molecule has 3 aromatic rings. The van der Waals surface area contributed by atoms with Gasteiger partial charge in [-0.1, -0.05) is 0 Å². The molecule has 0 spiro atoms. The second-order valence-electron chi connectivity index (χ2n) is 3.32. The number of aromatic amines is 1. The minimum Gasteiger partial charge on any atom is -0.342 e. The van der Waals surface area contributed by atoms with E-state index in [1.165, 1.54) is 16.9 Å². The molecule has 0 fully saturated rings. The maximum atomic E-state index is 12.8. The molecule has 0 unspecified atom stereocenters. The Labute approximate surface area is 95.1 Å². The third-order valence-corrected chi connectivity index (χ3v) is 2.18. The Hall–Kier alpha value is -2.57. The zero-order chi connectivity index (χ0) is 11.7. The molecule has 84 valence electrons. The quantitative estimate of drug-likeness (QED) is 0.717. The van der Waals surface area contributed by atoms with E-state index in [1.807, 2.05) is 0 Å². The van der Waals surface area contributed by atoms with Crippen LogP contribution >= 0.6 is 0 Å². The van der Waals surface area contributed by atoms with E-state index >= 15 is 0 Å². The Kier molecular flexibility index (Phi) is 2.14. The first-order chi connectivity index (χ1) is 8.33. The van der Waals surface area contributed by atoms with Crippen LogP contribution in [0.15, 0.2) is 36.7 Å². The number of benzene rings is 1. The number of halogens is 1. The number of nitrogens with one attached hydrogen (secondary N) is 1. The standard InChI is InChI=1S/C10H7FN6/c11-7-1-3-8(4-2-7)17-15-10(14-16-17)9-12-5-6-13-9/h1-6H,(H,12,13). The lowest BCUT2D eigenvalue weighted by atomic mass is 10.3. The molecule has 0 aliphatic rings. The highest BCUT2D eigenvalue weighted by Crippen LogP contribution is 2.09. The van der Waals surface area contributed by atoms with Crippen molar-refractivity contribution in [2.45, 2.75) is 0 Å². The minimum atomic E-state index is -0.305. The lowest BCUT2D eigenvalue weighted by Crippen LogP contribution is -1.98. The number of tetrazole rings is 1. The van der Waals surface area contributed by atoms with Gasteiger partial charge in [0.15, 0.2) is 5.82 Å². The molecule has 3 rings (SSSR count). The van der Waals surface area contributed by atoms with Crippen LogP contribution < -0.4 is 0 Å². The first-order valence-electron chi connectivity index (χ1n) is 4.88. The fraction of sp³-hybridized carbons (Fsp3) is 0. The van der Waals surface area contributed by atoms with Gasteiger partial charge >= 0.3 is 0 Å². The van der Waals surface area contributed by atoms with Crippen LogP contribution in [0.5, 0.6) is 0 Å². The number of H-pyrrole nitrogens is 1. The predicted molar refractivity (Wildman–Crippen MR) is 56.7 cm³/mol. The van der Waals surface area contributed by atoms with Crippen LogP contribution in [0, 0.1) is 5.82 Å². The van der Waals surface area contributed by atoms with E-state index in [-0.39, 0.29) is 5.82 Å². The number of hydrogen-bond donors (Lipinski definition) is 1. The van der Waals surface area contributed by atoms with Gasteiger partial charge in [0, 0.05) is 12.4 Å². The van der Waals surface area contributed by atoms with Crippen LogP contribution in [0.25, 0.3) is 17.3 Å². The lowest BCUT2D eigenvalue weighted by Gasteiger charge is -1.96. The molecule has 0 aliphatic carbocycles. The molecule has 0 saturated carbocycles. The van der Waals surface area contributed by atoms with Crippen molar-refractivity contribution in [3.8, 4) is 17.3 Å².